The van der Waals surface area contributed by atoms with Crippen LogP contribution in [-0.2, 0) is 16.1 Å². The van der Waals surface area contributed by atoms with Gasteiger partial charge < -0.3 is 15.2 Å². The first kappa shape index (κ1) is 16.1. The Morgan fingerprint density at radius 3 is 2.73 bits per heavy atom. The second kappa shape index (κ2) is 6.84. The third kappa shape index (κ3) is 3.21. The quantitative estimate of drug-likeness (QED) is 0.743. The molecule has 0 radical (unpaired) electrons. The molecule has 6 nitrogen and oxygen atoms in total. The average Bonchev–Trinajstić information content (AvgIpc) is 3.26. The summed E-state index contributed by atoms with van der Waals surface area (Å²) in [5.41, 5.74) is 3.31. The average molecular weight is 347 g/mol. The molecule has 0 bridgehead atoms. The summed E-state index contributed by atoms with van der Waals surface area (Å²) in [6.45, 7) is 0.231. The minimum atomic E-state index is -0.458. The van der Waals surface area contributed by atoms with Gasteiger partial charge in [-0.3, -0.25) is 9.59 Å². The first-order chi connectivity index (χ1) is 12.7. The van der Waals surface area contributed by atoms with Gasteiger partial charge in [0.15, 0.2) is 5.76 Å². The van der Waals surface area contributed by atoms with Gasteiger partial charge in [-0.25, -0.2) is 0 Å². The number of carbonyl (C=O) groups is 2. The number of hydrogen-bond acceptors (Lipinski definition) is 4. The lowest BCUT2D eigenvalue weighted by Gasteiger charge is -2.08. The zero-order valence-corrected chi connectivity index (χ0v) is 13.9. The molecule has 0 aliphatic carbocycles. The molecule has 4 rings (SSSR count). The lowest BCUT2D eigenvalue weighted by Crippen LogP contribution is -2.26. The molecule has 1 aliphatic rings. The number of hydrogen-bond donors (Lipinski definition) is 2. The molecule has 2 amide bonds. The Balaban J connectivity index is 1.36. The van der Waals surface area contributed by atoms with Crippen molar-refractivity contribution in [3.8, 4) is 11.3 Å². The number of amides is 2. The fourth-order valence-corrected chi connectivity index (χ4v) is 3.06. The molecule has 2 N–H and O–H groups in total. The van der Waals surface area contributed by atoms with Gasteiger partial charge in [0, 0.05) is 23.7 Å². The molecular weight excluding hydrogens is 330 g/mol. The van der Waals surface area contributed by atoms with E-state index in [0.717, 1.165) is 22.5 Å². The maximum Gasteiger partial charge on any atom is 0.232 e. The van der Waals surface area contributed by atoms with Crippen LogP contribution in [0.15, 0.2) is 65.2 Å². The second-order valence-corrected chi connectivity index (χ2v) is 6.15. The Kier molecular flexibility index (Phi) is 4.23. The van der Waals surface area contributed by atoms with Crippen LogP contribution >= 0.6 is 0 Å². The molecule has 0 saturated carbocycles. The summed E-state index contributed by atoms with van der Waals surface area (Å²) in [6.07, 6.45) is 0.0997. The number of nitrogens with zero attached hydrogens (tertiary/aromatic N) is 1. The van der Waals surface area contributed by atoms with Crippen molar-refractivity contribution in [2.45, 2.75) is 18.9 Å². The molecule has 1 aromatic heterocycles. The Morgan fingerprint density at radius 1 is 1.12 bits per heavy atom. The smallest absolute Gasteiger partial charge is 0.232 e. The van der Waals surface area contributed by atoms with Crippen molar-refractivity contribution in [2.75, 3.05) is 5.32 Å². The lowest BCUT2D eigenvalue weighted by atomic mass is 9.97. The Hall–Kier alpha value is -3.41. The molecule has 2 aromatic carbocycles. The van der Waals surface area contributed by atoms with Crippen molar-refractivity contribution < 1.29 is 14.1 Å². The summed E-state index contributed by atoms with van der Waals surface area (Å²) in [5, 5.41) is 9.61. The summed E-state index contributed by atoms with van der Waals surface area (Å²) < 4.78 is 5.27. The highest BCUT2D eigenvalue weighted by atomic mass is 16.5. The third-order valence-corrected chi connectivity index (χ3v) is 4.39. The van der Waals surface area contributed by atoms with Crippen molar-refractivity contribution in [3.63, 3.8) is 0 Å². The maximum absolute atomic E-state index is 12.3. The van der Waals surface area contributed by atoms with E-state index in [1.165, 1.54) is 0 Å². The normalized spacial score (nSPS) is 15.4. The zero-order chi connectivity index (χ0) is 17.9. The first-order valence-electron chi connectivity index (χ1n) is 8.38. The number of rotatable bonds is 5. The number of nitrogens with one attached hydrogen (secondary N) is 2. The highest BCUT2D eigenvalue weighted by Gasteiger charge is 2.31. The second-order valence-electron chi connectivity index (χ2n) is 6.15. The van der Waals surface area contributed by atoms with Crippen LogP contribution in [-0.4, -0.2) is 17.0 Å². The predicted octanol–water partition coefficient (Wildman–Crippen LogP) is 3.08. The van der Waals surface area contributed by atoms with Crippen molar-refractivity contribution in [1.82, 2.24) is 10.5 Å². The van der Waals surface area contributed by atoms with Crippen LogP contribution < -0.4 is 10.6 Å². The van der Waals surface area contributed by atoms with E-state index in [4.69, 9.17) is 4.52 Å². The van der Waals surface area contributed by atoms with Gasteiger partial charge in [-0.1, -0.05) is 53.7 Å². The van der Waals surface area contributed by atoms with Gasteiger partial charge >= 0.3 is 0 Å². The standard InChI is InChI=1S/C20H17N3O3/c24-19(11-16-15-8-4-5-9-17(15)22-20(16)25)21-12-14-10-18(23-26-14)13-6-2-1-3-7-13/h1-10,16H,11-12H2,(H,21,24)(H,22,25). The zero-order valence-electron chi connectivity index (χ0n) is 13.9. The van der Waals surface area contributed by atoms with Crippen molar-refractivity contribution in [1.29, 1.82) is 0 Å². The molecule has 1 atom stereocenters. The molecule has 0 spiro atoms. The van der Waals surface area contributed by atoms with Gasteiger partial charge in [-0.15, -0.1) is 0 Å². The molecule has 0 fully saturated rings. The van der Waals surface area contributed by atoms with Gasteiger partial charge in [0.25, 0.3) is 0 Å². The van der Waals surface area contributed by atoms with Crippen LogP contribution in [0.2, 0.25) is 0 Å². The van der Waals surface area contributed by atoms with Gasteiger partial charge in [-0.05, 0) is 11.6 Å². The molecule has 3 aromatic rings. The van der Waals surface area contributed by atoms with Crippen LogP contribution in [0.5, 0.6) is 0 Å². The summed E-state index contributed by atoms with van der Waals surface area (Å²) >= 11 is 0. The molecule has 130 valence electrons. The first-order valence-corrected chi connectivity index (χ1v) is 8.38. The van der Waals surface area contributed by atoms with E-state index in [2.05, 4.69) is 15.8 Å². The molecule has 26 heavy (non-hydrogen) atoms. The SMILES string of the molecule is O=C(CC1C(=O)Nc2ccccc21)NCc1cc(-c2ccccc2)no1. The minimum Gasteiger partial charge on any atom is -0.359 e. The van der Waals surface area contributed by atoms with E-state index in [0.29, 0.717) is 5.76 Å². The largest absolute Gasteiger partial charge is 0.359 e. The van der Waals surface area contributed by atoms with Gasteiger partial charge in [-0.2, -0.15) is 0 Å². The van der Waals surface area contributed by atoms with Crippen LogP contribution in [0.25, 0.3) is 11.3 Å². The molecule has 6 heteroatoms. The molecule has 1 aliphatic heterocycles. The number of para-hydroxylation sites is 1. The Labute approximate surface area is 150 Å². The van der Waals surface area contributed by atoms with Crippen LogP contribution in [0.3, 0.4) is 0 Å². The van der Waals surface area contributed by atoms with E-state index < -0.39 is 5.92 Å². The topological polar surface area (TPSA) is 84.2 Å². The van der Waals surface area contributed by atoms with Crippen molar-refractivity contribution in [3.05, 3.63) is 72.0 Å². The summed E-state index contributed by atoms with van der Waals surface area (Å²) in [6, 6.07) is 18.9. The number of fused-ring (bicyclic) bond motifs is 1. The predicted molar refractivity (Wildman–Crippen MR) is 96.2 cm³/mol. The number of benzene rings is 2. The maximum atomic E-state index is 12.3. The summed E-state index contributed by atoms with van der Waals surface area (Å²) in [7, 11) is 0. The van der Waals surface area contributed by atoms with Crippen molar-refractivity contribution >= 4 is 17.5 Å². The van der Waals surface area contributed by atoms with Gasteiger partial charge in [0.1, 0.15) is 5.69 Å². The van der Waals surface area contributed by atoms with E-state index in [1.807, 2.05) is 54.6 Å². The van der Waals surface area contributed by atoms with E-state index in [9.17, 15) is 9.59 Å². The van der Waals surface area contributed by atoms with Crippen LogP contribution in [0.4, 0.5) is 5.69 Å². The molecule has 0 saturated heterocycles. The summed E-state index contributed by atoms with van der Waals surface area (Å²) in [4.78, 5) is 24.3. The lowest BCUT2D eigenvalue weighted by molar-refractivity contribution is -0.125. The van der Waals surface area contributed by atoms with Gasteiger partial charge in [0.05, 0.1) is 12.5 Å². The monoisotopic (exact) mass is 347 g/mol. The van der Waals surface area contributed by atoms with E-state index in [1.54, 1.807) is 6.07 Å². The highest BCUT2D eigenvalue weighted by molar-refractivity contribution is 6.04. The molecule has 1 unspecified atom stereocenters. The minimum absolute atomic E-state index is 0.0997. The van der Waals surface area contributed by atoms with E-state index >= 15 is 0 Å². The number of aromatic nitrogens is 1. The van der Waals surface area contributed by atoms with Gasteiger partial charge in [0.2, 0.25) is 11.8 Å². The fourth-order valence-electron chi connectivity index (χ4n) is 3.06. The third-order valence-electron chi connectivity index (χ3n) is 4.39. The highest BCUT2D eigenvalue weighted by Crippen LogP contribution is 2.34. The molecule has 2 heterocycles. The summed E-state index contributed by atoms with van der Waals surface area (Å²) in [5.74, 6) is -0.249. The van der Waals surface area contributed by atoms with Crippen LogP contribution in [0.1, 0.15) is 23.7 Å². The van der Waals surface area contributed by atoms with E-state index in [-0.39, 0.29) is 24.8 Å². The Bertz CT molecular complexity index is 950. The molecular formula is C20H17N3O3. The van der Waals surface area contributed by atoms with Crippen LogP contribution in [0, 0.1) is 0 Å². The van der Waals surface area contributed by atoms with Crippen molar-refractivity contribution in [2.24, 2.45) is 0 Å². The fraction of sp³-hybridized carbons (Fsp3) is 0.150. The number of carbonyl (C=O) groups excluding carboxylic acids is 2. The Morgan fingerprint density at radius 2 is 1.88 bits per heavy atom. The number of anilines is 1.